The molecule has 3 N–H and O–H groups in total. The highest BCUT2D eigenvalue weighted by atomic mass is 16.5. The maximum Gasteiger partial charge on any atom is 0.248 e. The Kier molecular flexibility index (Phi) is 4.43. The Labute approximate surface area is 114 Å². The maximum absolute atomic E-state index is 11.2. The van der Waals surface area contributed by atoms with Gasteiger partial charge in [-0.05, 0) is 57.0 Å². The molecule has 0 aliphatic heterocycles. The molecule has 0 bridgehead atoms. The zero-order chi connectivity index (χ0) is 13.8. The van der Waals surface area contributed by atoms with Crippen LogP contribution < -0.4 is 15.8 Å². The lowest BCUT2D eigenvalue weighted by molar-refractivity contribution is 0.0999. The van der Waals surface area contributed by atoms with Gasteiger partial charge in [0.1, 0.15) is 11.9 Å². The van der Waals surface area contributed by atoms with E-state index in [1.165, 1.54) is 12.8 Å². The third-order valence-electron chi connectivity index (χ3n) is 3.82. The summed E-state index contributed by atoms with van der Waals surface area (Å²) in [6, 6.07) is 5.87. The van der Waals surface area contributed by atoms with Gasteiger partial charge < -0.3 is 15.8 Å². The molecule has 104 valence electrons. The number of aryl methyl sites for hydroxylation is 1. The Morgan fingerprint density at radius 1 is 1.37 bits per heavy atom. The Balaban J connectivity index is 2.10. The monoisotopic (exact) mass is 262 g/mol. The van der Waals surface area contributed by atoms with Crippen LogP contribution in [0.5, 0.6) is 5.75 Å². The number of nitrogens with two attached hydrogens (primary N) is 1. The van der Waals surface area contributed by atoms with Crippen molar-refractivity contribution in [3.8, 4) is 5.75 Å². The minimum Gasteiger partial charge on any atom is -0.489 e. The summed E-state index contributed by atoms with van der Waals surface area (Å²) in [7, 11) is 1.98. The molecule has 0 aromatic heterocycles. The minimum absolute atomic E-state index is 0.206. The molecular weight excluding hydrogens is 240 g/mol. The van der Waals surface area contributed by atoms with Gasteiger partial charge in [-0.1, -0.05) is 6.42 Å². The molecule has 2 unspecified atom stereocenters. The predicted molar refractivity (Wildman–Crippen MR) is 75.4 cm³/mol. The van der Waals surface area contributed by atoms with E-state index in [4.69, 9.17) is 10.5 Å². The summed E-state index contributed by atoms with van der Waals surface area (Å²) >= 11 is 0. The van der Waals surface area contributed by atoms with Crippen molar-refractivity contribution in [2.45, 2.75) is 44.8 Å². The summed E-state index contributed by atoms with van der Waals surface area (Å²) in [5, 5.41) is 3.32. The van der Waals surface area contributed by atoms with Crippen LogP contribution in [0, 0.1) is 6.92 Å². The van der Waals surface area contributed by atoms with Crippen LogP contribution in [0.1, 0.15) is 41.6 Å². The van der Waals surface area contributed by atoms with Gasteiger partial charge in [0.05, 0.1) is 0 Å². The van der Waals surface area contributed by atoms with Crippen molar-refractivity contribution in [2.75, 3.05) is 7.05 Å². The zero-order valence-corrected chi connectivity index (χ0v) is 11.6. The second kappa shape index (κ2) is 6.06. The third kappa shape index (κ3) is 3.26. The lowest BCUT2D eigenvalue weighted by atomic mass is 9.92. The van der Waals surface area contributed by atoms with Gasteiger partial charge in [0.2, 0.25) is 5.91 Å². The molecule has 0 heterocycles. The zero-order valence-electron chi connectivity index (χ0n) is 11.6. The number of nitrogens with one attached hydrogen (secondary N) is 1. The van der Waals surface area contributed by atoms with E-state index in [9.17, 15) is 4.79 Å². The number of benzene rings is 1. The summed E-state index contributed by atoms with van der Waals surface area (Å²) < 4.78 is 6.06. The fraction of sp³-hybridized carbons (Fsp3) is 0.533. The number of carbonyl (C=O) groups is 1. The van der Waals surface area contributed by atoms with Gasteiger partial charge in [0, 0.05) is 11.6 Å². The average molecular weight is 262 g/mol. The first kappa shape index (κ1) is 13.9. The maximum atomic E-state index is 11.2. The van der Waals surface area contributed by atoms with E-state index >= 15 is 0 Å². The molecule has 19 heavy (non-hydrogen) atoms. The SMILES string of the molecule is CNC1CCCCC1Oc1ccc(C(N)=O)c(C)c1. The molecule has 4 nitrogen and oxygen atoms in total. The summed E-state index contributed by atoms with van der Waals surface area (Å²) in [5.41, 5.74) is 6.72. The fourth-order valence-corrected chi connectivity index (χ4v) is 2.73. The van der Waals surface area contributed by atoms with E-state index < -0.39 is 5.91 Å². The lowest BCUT2D eigenvalue weighted by Gasteiger charge is -2.31. The first-order chi connectivity index (χ1) is 9.11. The first-order valence-corrected chi connectivity index (χ1v) is 6.86. The van der Waals surface area contributed by atoms with Gasteiger partial charge in [-0.3, -0.25) is 4.79 Å². The van der Waals surface area contributed by atoms with Crippen molar-refractivity contribution in [3.05, 3.63) is 29.3 Å². The van der Waals surface area contributed by atoms with E-state index in [0.29, 0.717) is 11.6 Å². The van der Waals surface area contributed by atoms with Crippen LogP contribution in [0.2, 0.25) is 0 Å². The molecule has 1 saturated carbocycles. The van der Waals surface area contributed by atoms with Crippen LogP contribution >= 0.6 is 0 Å². The Hall–Kier alpha value is -1.55. The summed E-state index contributed by atoms with van der Waals surface area (Å²) in [6.45, 7) is 1.88. The molecular formula is C15H22N2O2. The molecule has 0 radical (unpaired) electrons. The number of rotatable bonds is 4. The van der Waals surface area contributed by atoms with Crippen LogP contribution in [0.15, 0.2) is 18.2 Å². The molecule has 0 spiro atoms. The molecule has 1 fully saturated rings. The molecule has 1 aromatic carbocycles. The van der Waals surface area contributed by atoms with Crippen molar-refractivity contribution in [2.24, 2.45) is 5.73 Å². The van der Waals surface area contributed by atoms with Crippen molar-refractivity contribution >= 4 is 5.91 Å². The Morgan fingerprint density at radius 3 is 2.74 bits per heavy atom. The van der Waals surface area contributed by atoms with Gasteiger partial charge in [-0.25, -0.2) is 0 Å². The van der Waals surface area contributed by atoms with E-state index in [1.807, 2.05) is 26.1 Å². The van der Waals surface area contributed by atoms with Crippen LogP contribution in [-0.2, 0) is 0 Å². The highest BCUT2D eigenvalue weighted by Crippen LogP contribution is 2.25. The molecule has 4 heteroatoms. The molecule has 1 aromatic rings. The average Bonchev–Trinajstić information content (AvgIpc) is 2.39. The second-order valence-corrected chi connectivity index (χ2v) is 5.18. The summed E-state index contributed by atoms with van der Waals surface area (Å²) in [5.74, 6) is 0.421. The number of hydrogen-bond acceptors (Lipinski definition) is 3. The number of hydrogen-bond donors (Lipinski definition) is 2. The van der Waals surface area contributed by atoms with Gasteiger partial charge in [0.25, 0.3) is 0 Å². The number of carbonyl (C=O) groups excluding carboxylic acids is 1. The van der Waals surface area contributed by atoms with Crippen LogP contribution in [0.4, 0.5) is 0 Å². The number of primary amides is 1. The Morgan fingerprint density at radius 2 is 2.11 bits per heavy atom. The number of likely N-dealkylation sites (N-methyl/N-ethyl adjacent to an activating group) is 1. The second-order valence-electron chi connectivity index (χ2n) is 5.18. The largest absolute Gasteiger partial charge is 0.489 e. The van der Waals surface area contributed by atoms with Gasteiger partial charge >= 0.3 is 0 Å². The fourth-order valence-electron chi connectivity index (χ4n) is 2.73. The highest BCUT2D eigenvalue weighted by Gasteiger charge is 2.25. The van der Waals surface area contributed by atoms with Crippen LogP contribution in [0.3, 0.4) is 0 Å². The van der Waals surface area contributed by atoms with Crippen molar-refractivity contribution in [1.29, 1.82) is 0 Å². The van der Waals surface area contributed by atoms with E-state index in [0.717, 1.165) is 24.2 Å². The molecule has 2 atom stereocenters. The minimum atomic E-state index is -0.394. The van der Waals surface area contributed by atoms with Gasteiger partial charge in [-0.15, -0.1) is 0 Å². The van der Waals surface area contributed by atoms with E-state index in [1.54, 1.807) is 6.07 Å². The number of ether oxygens (including phenoxy) is 1. The quantitative estimate of drug-likeness (QED) is 0.872. The highest BCUT2D eigenvalue weighted by molar-refractivity contribution is 5.94. The van der Waals surface area contributed by atoms with Crippen molar-refractivity contribution in [1.82, 2.24) is 5.32 Å². The molecule has 1 aliphatic rings. The summed E-state index contributed by atoms with van der Waals surface area (Å²) in [6.07, 6.45) is 4.89. The first-order valence-electron chi connectivity index (χ1n) is 6.86. The molecule has 0 saturated heterocycles. The van der Waals surface area contributed by atoms with E-state index in [2.05, 4.69) is 5.32 Å². The van der Waals surface area contributed by atoms with Crippen LogP contribution in [-0.4, -0.2) is 25.1 Å². The van der Waals surface area contributed by atoms with Gasteiger partial charge in [-0.2, -0.15) is 0 Å². The van der Waals surface area contributed by atoms with Crippen molar-refractivity contribution < 1.29 is 9.53 Å². The molecule has 1 aliphatic carbocycles. The predicted octanol–water partition coefficient (Wildman–Crippen LogP) is 2.00. The normalized spacial score (nSPS) is 23.1. The van der Waals surface area contributed by atoms with Gasteiger partial charge in [0.15, 0.2) is 0 Å². The third-order valence-corrected chi connectivity index (χ3v) is 3.82. The smallest absolute Gasteiger partial charge is 0.248 e. The number of amides is 1. The summed E-state index contributed by atoms with van der Waals surface area (Å²) in [4.78, 5) is 11.2. The Bertz CT molecular complexity index is 459. The lowest BCUT2D eigenvalue weighted by Crippen LogP contribution is -2.43. The van der Waals surface area contributed by atoms with Crippen LogP contribution in [0.25, 0.3) is 0 Å². The molecule has 2 rings (SSSR count). The molecule has 1 amide bonds. The van der Waals surface area contributed by atoms with E-state index in [-0.39, 0.29) is 6.10 Å². The topological polar surface area (TPSA) is 64.3 Å². The van der Waals surface area contributed by atoms with Crippen molar-refractivity contribution in [3.63, 3.8) is 0 Å². The standard InChI is InChI=1S/C15H22N2O2/c1-10-9-11(7-8-12(10)15(16)18)19-14-6-4-3-5-13(14)17-2/h7-9,13-14,17H,3-6H2,1-2H3,(H2,16,18).